The van der Waals surface area contributed by atoms with E-state index in [0.29, 0.717) is 11.7 Å². The smallest absolute Gasteiger partial charge is 0.319 e. The van der Waals surface area contributed by atoms with Crippen LogP contribution in [0.15, 0.2) is 24.3 Å². The van der Waals surface area contributed by atoms with E-state index < -0.39 is 6.10 Å². The van der Waals surface area contributed by atoms with Gasteiger partial charge in [0.1, 0.15) is 0 Å². The number of anilines is 1. The Balaban J connectivity index is 1.92. The number of carbonyl (C=O) groups is 1. The second-order valence-corrected chi connectivity index (χ2v) is 4.53. The van der Waals surface area contributed by atoms with Crippen LogP contribution in [-0.2, 0) is 0 Å². The van der Waals surface area contributed by atoms with Gasteiger partial charge in [-0.3, -0.25) is 0 Å². The van der Waals surface area contributed by atoms with E-state index in [9.17, 15) is 9.90 Å². The summed E-state index contributed by atoms with van der Waals surface area (Å²) < 4.78 is 0. The van der Waals surface area contributed by atoms with Crippen LogP contribution in [0, 0.1) is 0 Å². The zero-order valence-electron chi connectivity index (χ0n) is 9.94. The van der Waals surface area contributed by atoms with Crippen molar-refractivity contribution in [3.8, 4) is 0 Å². The summed E-state index contributed by atoms with van der Waals surface area (Å²) in [5.74, 6) is 0. The van der Waals surface area contributed by atoms with Gasteiger partial charge < -0.3 is 15.7 Å². The normalized spacial score (nSPS) is 17.1. The predicted octanol–water partition coefficient (Wildman–Crippen LogP) is 2.41. The van der Waals surface area contributed by atoms with Crippen molar-refractivity contribution in [2.45, 2.75) is 38.3 Å². The van der Waals surface area contributed by atoms with Gasteiger partial charge in [0.15, 0.2) is 0 Å². The molecule has 2 rings (SSSR count). The summed E-state index contributed by atoms with van der Waals surface area (Å²) in [5.41, 5.74) is 1.51. The summed E-state index contributed by atoms with van der Waals surface area (Å²) in [6.07, 6.45) is 2.82. The van der Waals surface area contributed by atoms with Gasteiger partial charge >= 0.3 is 6.03 Å². The van der Waals surface area contributed by atoms with Gasteiger partial charge in [-0.15, -0.1) is 0 Å². The zero-order valence-corrected chi connectivity index (χ0v) is 9.94. The Kier molecular flexibility index (Phi) is 3.64. The lowest BCUT2D eigenvalue weighted by molar-refractivity contribution is 0.199. The van der Waals surface area contributed by atoms with Gasteiger partial charge in [-0.2, -0.15) is 0 Å². The minimum atomic E-state index is -0.522. The first-order valence-electron chi connectivity index (χ1n) is 6.00. The van der Waals surface area contributed by atoms with E-state index >= 15 is 0 Å². The van der Waals surface area contributed by atoms with Gasteiger partial charge in [0.25, 0.3) is 0 Å². The van der Waals surface area contributed by atoms with E-state index in [-0.39, 0.29) is 6.03 Å². The molecular formula is C13H18N2O2. The van der Waals surface area contributed by atoms with Crippen LogP contribution in [0.3, 0.4) is 0 Å². The summed E-state index contributed by atoms with van der Waals surface area (Å²) in [6, 6.07) is 7.41. The highest BCUT2D eigenvalue weighted by atomic mass is 16.3. The zero-order chi connectivity index (χ0) is 12.3. The Morgan fingerprint density at radius 1 is 1.47 bits per heavy atom. The molecular weight excluding hydrogens is 216 g/mol. The molecule has 0 radical (unpaired) electrons. The molecule has 0 heterocycles. The Bertz CT molecular complexity index is 400. The molecule has 0 aromatic heterocycles. The standard InChI is InChI=1S/C13H18N2O2/c1-9(16)10-4-2-7-12(8-10)15-13(17)14-11-5-3-6-11/h2,4,7-9,11,16H,3,5-6H2,1H3,(H2,14,15,17). The largest absolute Gasteiger partial charge is 0.389 e. The Hall–Kier alpha value is -1.55. The summed E-state index contributed by atoms with van der Waals surface area (Å²) in [4.78, 5) is 11.6. The molecule has 1 saturated carbocycles. The van der Waals surface area contributed by atoms with Gasteiger partial charge in [-0.25, -0.2) is 4.79 Å². The third-order valence-electron chi connectivity index (χ3n) is 3.07. The van der Waals surface area contributed by atoms with Crippen molar-refractivity contribution < 1.29 is 9.90 Å². The molecule has 1 fully saturated rings. The van der Waals surface area contributed by atoms with Crippen LogP contribution in [0.5, 0.6) is 0 Å². The van der Waals surface area contributed by atoms with Crippen molar-refractivity contribution in [3.63, 3.8) is 0 Å². The van der Waals surface area contributed by atoms with Gasteiger partial charge in [0.05, 0.1) is 6.10 Å². The summed E-state index contributed by atoms with van der Waals surface area (Å²) in [7, 11) is 0. The SMILES string of the molecule is CC(O)c1cccc(NC(=O)NC2CCC2)c1. The lowest BCUT2D eigenvalue weighted by Crippen LogP contribution is -2.41. The van der Waals surface area contributed by atoms with Crippen LogP contribution in [0.4, 0.5) is 10.5 Å². The quantitative estimate of drug-likeness (QED) is 0.752. The van der Waals surface area contributed by atoms with E-state index in [1.54, 1.807) is 13.0 Å². The Morgan fingerprint density at radius 2 is 2.24 bits per heavy atom. The molecule has 0 bridgehead atoms. The number of carbonyl (C=O) groups excluding carboxylic acids is 1. The summed E-state index contributed by atoms with van der Waals surface area (Å²) >= 11 is 0. The van der Waals surface area contributed by atoms with Gasteiger partial charge in [0, 0.05) is 11.7 Å². The third kappa shape index (κ3) is 3.20. The van der Waals surface area contributed by atoms with Crippen LogP contribution in [0.25, 0.3) is 0 Å². The Labute approximate surface area is 101 Å². The second-order valence-electron chi connectivity index (χ2n) is 4.53. The Morgan fingerprint density at radius 3 is 2.82 bits per heavy atom. The average Bonchev–Trinajstić information content (AvgIpc) is 2.24. The minimum absolute atomic E-state index is 0.169. The molecule has 0 spiro atoms. The molecule has 1 aromatic rings. The molecule has 2 amide bonds. The lowest BCUT2D eigenvalue weighted by atomic mass is 9.93. The maximum Gasteiger partial charge on any atom is 0.319 e. The highest BCUT2D eigenvalue weighted by Gasteiger charge is 2.19. The van der Waals surface area contributed by atoms with Crippen LogP contribution in [-0.4, -0.2) is 17.2 Å². The third-order valence-corrected chi connectivity index (χ3v) is 3.07. The topological polar surface area (TPSA) is 61.4 Å². The second kappa shape index (κ2) is 5.19. The summed E-state index contributed by atoms with van der Waals surface area (Å²) in [6.45, 7) is 1.70. The number of aliphatic hydroxyl groups is 1. The number of hydrogen-bond acceptors (Lipinski definition) is 2. The van der Waals surface area contributed by atoms with E-state index in [1.807, 2.05) is 18.2 Å². The number of amides is 2. The van der Waals surface area contributed by atoms with Crippen molar-refractivity contribution >= 4 is 11.7 Å². The van der Waals surface area contributed by atoms with E-state index in [2.05, 4.69) is 10.6 Å². The van der Waals surface area contributed by atoms with Crippen molar-refractivity contribution in [3.05, 3.63) is 29.8 Å². The number of urea groups is 1. The summed E-state index contributed by atoms with van der Waals surface area (Å²) in [5, 5.41) is 15.1. The molecule has 4 heteroatoms. The number of rotatable bonds is 3. The lowest BCUT2D eigenvalue weighted by Gasteiger charge is -2.26. The molecule has 92 valence electrons. The van der Waals surface area contributed by atoms with Gasteiger partial charge in [-0.1, -0.05) is 12.1 Å². The fourth-order valence-electron chi connectivity index (χ4n) is 1.78. The molecule has 17 heavy (non-hydrogen) atoms. The monoisotopic (exact) mass is 234 g/mol. The fourth-order valence-corrected chi connectivity index (χ4v) is 1.78. The van der Waals surface area contributed by atoms with Crippen molar-refractivity contribution in [1.82, 2.24) is 5.32 Å². The molecule has 4 nitrogen and oxygen atoms in total. The van der Waals surface area contributed by atoms with Crippen molar-refractivity contribution in [2.24, 2.45) is 0 Å². The molecule has 3 N–H and O–H groups in total. The first-order valence-corrected chi connectivity index (χ1v) is 6.00. The van der Waals surface area contributed by atoms with E-state index in [4.69, 9.17) is 0 Å². The molecule has 0 aliphatic heterocycles. The molecule has 1 unspecified atom stereocenters. The number of nitrogens with one attached hydrogen (secondary N) is 2. The highest BCUT2D eigenvalue weighted by molar-refractivity contribution is 5.89. The molecule has 1 aromatic carbocycles. The number of benzene rings is 1. The van der Waals surface area contributed by atoms with Crippen molar-refractivity contribution in [1.29, 1.82) is 0 Å². The average molecular weight is 234 g/mol. The van der Waals surface area contributed by atoms with Crippen LogP contribution in [0.2, 0.25) is 0 Å². The minimum Gasteiger partial charge on any atom is -0.389 e. The fraction of sp³-hybridized carbons (Fsp3) is 0.462. The first kappa shape index (κ1) is 11.9. The van der Waals surface area contributed by atoms with Crippen LogP contribution >= 0.6 is 0 Å². The molecule has 0 saturated heterocycles. The maximum atomic E-state index is 11.6. The van der Waals surface area contributed by atoms with Crippen LogP contribution in [0.1, 0.15) is 37.9 Å². The van der Waals surface area contributed by atoms with E-state index in [1.165, 1.54) is 6.42 Å². The number of hydrogen-bond donors (Lipinski definition) is 3. The maximum absolute atomic E-state index is 11.6. The highest BCUT2D eigenvalue weighted by Crippen LogP contribution is 2.19. The van der Waals surface area contributed by atoms with Gasteiger partial charge in [0.2, 0.25) is 0 Å². The first-order chi connectivity index (χ1) is 8.15. The van der Waals surface area contributed by atoms with Gasteiger partial charge in [-0.05, 0) is 43.9 Å². The number of aliphatic hydroxyl groups excluding tert-OH is 1. The predicted molar refractivity (Wildman–Crippen MR) is 66.9 cm³/mol. The molecule has 1 atom stereocenters. The van der Waals surface area contributed by atoms with Crippen molar-refractivity contribution in [2.75, 3.05) is 5.32 Å². The van der Waals surface area contributed by atoms with Crippen LogP contribution < -0.4 is 10.6 Å². The molecule has 1 aliphatic rings. The van der Waals surface area contributed by atoms with E-state index in [0.717, 1.165) is 18.4 Å². The molecule has 1 aliphatic carbocycles.